The number of nitrogens with one attached hydrogen (secondary N) is 1. The van der Waals surface area contributed by atoms with Gasteiger partial charge in [-0.1, -0.05) is 6.92 Å². The maximum absolute atomic E-state index is 11.5. The maximum Gasteiger partial charge on any atom is 0.408 e. The highest BCUT2D eigenvalue weighted by molar-refractivity contribution is 5.76. The van der Waals surface area contributed by atoms with Crippen LogP contribution < -0.4 is 5.32 Å². The van der Waals surface area contributed by atoms with Crippen LogP contribution in [0.2, 0.25) is 0 Å². The van der Waals surface area contributed by atoms with Crippen molar-refractivity contribution in [1.29, 1.82) is 0 Å². The number of hydrogen-bond donors (Lipinski definition) is 1. The Morgan fingerprint density at radius 3 is 2.26 bits per heavy atom. The number of rotatable bonds is 6. The highest BCUT2D eigenvalue weighted by Gasteiger charge is 2.25. The van der Waals surface area contributed by atoms with E-state index in [4.69, 9.17) is 4.74 Å². The van der Waals surface area contributed by atoms with Crippen molar-refractivity contribution in [2.75, 3.05) is 7.11 Å². The molecule has 0 aromatic carbocycles. The zero-order chi connectivity index (χ0) is 15.1. The number of carbonyl (C=O) groups is 3. The third-order valence-corrected chi connectivity index (χ3v) is 2.43. The zero-order valence-electron chi connectivity index (χ0n) is 12.2. The van der Waals surface area contributed by atoms with Crippen molar-refractivity contribution >= 4 is 18.3 Å². The van der Waals surface area contributed by atoms with Gasteiger partial charge in [-0.2, -0.15) is 0 Å². The second-order valence-electron chi connectivity index (χ2n) is 5.25. The first-order valence-electron chi connectivity index (χ1n) is 6.26. The molecule has 0 saturated heterocycles. The first-order chi connectivity index (χ1) is 8.73. The lowest BCUT2D eigenvalue weighted by Gasteiger charge is -2.22. The number of aldehydes is 1. The monoisotopic (exact) mass is 273 g/mol. The molecule has 19 heavy (non-hydrogen) atoms. The van der Waals surface area contributed by atoms with E-state index >= 15 is 0 Å². The van der Waals surface area contributed by atoms with Crippen LogP contribution in [0.4, 0.5) is 4.79 Å². The van der Waals surface area contributed by atoms with E-state index in [1.165, 1.54) is 7.11 Å². The molecule has 0 saturated carbocycles. The molecular weight excluding hydrogens is 250 g/mol. The van der Waals surface area contributed by atoms with Gasteiger partial charge in [-0.15, -0.1) is 0 Å². The van der Waals surface area contributed by atoms with Gasteiger partial charge in [0.05, 0.1) is 19.1 Å². The Labute approximate surface area is 113 Å². The summed E-state index contributed by atoms with van der Waals surface area (Å²) in [6.45, 7) is 7.00. The number of esters is 1. The van der Waals surface area contributed by atoms with Crippen LogP contribution in [0.3, 0.4) is 0 Å². The van der Waals surface area contributed by atoms with Crippen LogP contribution in [-0.4, -0.2) is 37.1 Å². The molecule has 1 N–H and O–H groups in total. The average molecular weight is 273 g/mol. The minimum atomic E-state index is -0.765. The molecule has 0 unspecified atom stereocenters. The van der Waals surface area contributed by atoms with Crippen LogP contribution >= 0.6 is 0 Å². The molecule has 0 aliphatic carbocycles. The molecular formula is C13H23NO5. The van der Waals surface area contributed by atoms with Gasteiger partial charge < -0.3 is 19.6 Å². The summed E-state index contributed by atoms with van der Waals surface area (Å²) >= 11 is 0. The molecule has 0 heterocycles. The second-order valence-corrected chi connectivity index (χ2v) is 5.25. The third kappa shape index (κ3) is 7.43. The number of alkyl carbamates (subject to hydrolysis) is 1. The Morgan fingerprint density at radius 1 is 1.32 bits per heavy atom. The molecule has 0 aromatic heterocycles. The molecule has 6 nitrogen and oxygen atoms in total. The van der Waals surface area contributed by atoms with Gasteiger partial charge in [-0.3, -0.25) is 4.79 Å². The largest absolute Gasteiger partial charge is 0.469 e. The molecule has 0 rings (SSSR count). The Bertz CT molecular complexity index is 321. The van der Waals surface area contributed by atoms with Crippen LogP contribution in [0.15, 0.2) is 0 Å². The number of hydrogen-bond acceptors (Lipinski definition) is 5. The van der Waals surface area contributed by atoms with E-state index in [1.807, 2.05) is 6.92 Å². The molecule has 0 radical (unpaired) electrons. The van der Waals surface area contributed by atoms with Crippen LogP contribution in [-0.2, 0) is 19.1 Å². The highest BCUT2D eigenvalue weighted by atomic mass is 16.6. The standard InChI is InChI=1S/C13H23NO5/c1-6-9(11(16)18-5)7-10(8-15)14-12(17)19-13(2,3)4/h8-10H,6-7H2,1-5H3,(H,14,17)/t9-,10-/m0/s1. The van der Waals surface area contributed by atoms with Crippen molar-refractivity contribution in [2.24, 2.45) is 5.92 Å². The summed E-state index contributed by atoms with van der Waals surface area (Å²) in [7, 11) is 1.29. The first-order valence-corrected chi connectivity index (χ1v) is 6.26. The van der Waals surface area contributed by atoms with Gasteiger partial charge in [-0.05, 0) is 33.6 Å². The molecule has 0 fully saturated rings. The summed E-state index contributed by atoms with van der Waals surface area (Å²) in [5.74, 6) is -0.810. The van der Waals surface area contributed by atoms with Gasteiger partial charge in [0, 0.05) is 0 Å². The molecule has 0 spiro atoms. The zero-order valence-corrected chi connectivity index (χ0v) is 12.2. The van der Waals surface area contributed by atoms with Crippen molar-refractivity contribution in [1.82, 2.24) is 5.32 Å². The molecule has 0 bridgehead atoms. The van der Waals surface area contributed by atoms with Gasteiger partial charge in [0.2, 0.25) is 0 Å². The molecule has 110 valence electrons. The van der Waals surface area contributed by atoms with E-state index in [1.54, 1.807) is 20.8 Å². The van der Waals surface area contributed by atoms with Gasteiger partial charge >= 0.3 is 12.1 Å². The minimum Gasteiger partial charge on any atom is -0.469 e. The van der Waals surface area contributed by atoms with Crippen molar-refractivity contribution in [3.05, 3.63) is 0 Å². The third-order valence-electron chi connectivity index (χ3n) is 2.43. The normalized spacial score (nSPS) is 14.2. The number of amides is 1. The molecule has 1 amide bonds. The Morgan fingerprint density at radius 2 is 1.89 bits per heavy atom. The van der Waals surface area contributed by atoms with E-state index in [0.29, 0.717) is 12.7 Å². The van der Waals surface area contributed by atoms with Crippen molar-refractivity contribution in [3.63, 3.8) is 0 Å². The molecule has 0 aromatic rings. The fraction of sp³-hybridized carbons (Fsp3) is 0.769. The summed E-state index contributed by atoms with van der Waals surface area (Å²) in [6.07, 6.45) is 0.651. The highest BCUT2D eigenvalue weighted by Crippen LogP contribution is 2.13. The van der Waals surface area contributed by atoms with Crippen molar-refractivity contribution in [3.8, 4) is 0 Å². The molecule has 0 aliphatic heterocycles. The summed E-state index contributed by atoms with van der Waals surface area (Å²) in [6, 6.07) is -0.765. The second kappa shape index (κ2) is 7.76. The molecule has 6 heteroatoms. The Balaban J connectivity index is 4.46. The lowest BCUT2D eigenvalue weighted by molar-refractivity contribution is -0.146. The number of carbonyl (C=O) groups excluding carboxylic acids is 3. The minimum absolute atomic E-state index is 0.200. The van der Waals surface area contributed by atoms with Crippen LogP contribution in [0.5, 0.6) is 0 Å². The number of methoxy groups -OCH3 is 1. The number of ether oxygens (including phenoxy) is 2. The fourth-order valence-corrected chi connectivity index (χ4v) is 1.51. The molecule has 2 atom stereocenters. The summed E-state index contributed by atoms with van der Waals surface area (Å²) in [4.78, 5) is 33.9. The smallest absolute Gasteiger partial charge is 0.408 e. The summed E-state index contributed by atoms with van der Waals surface area (Å²) < 4.78 is 9.68. The van der Waals surface area contributed by atoms with Gasteiger partial charge in [-0.25, -0.2) is 4.79 Å². The van der Waals surface area contributed by atoms with E-state index in [2.05, 4.69) is 10.1 Å². The Hall–Kier alpha value is -1.59. The van der Waals surface area contributed by atoms with Crippen LogP contribution in [0.25, 0.3) is 0 Å². The van der Waals surface area contributed by atoms with Gasteiger partial charge in [0.25, 0.3) is 0 Å². The van der Waals surface area contributed by atoms with Crippen LogP contribution in [0, 0.1) is 5.92 Å². The predicted octanol–water partition coefficient (Wildman–Crippen LogP) is 1.67. The Kier molecular flexibility index (Phi) is 7.11. The van der Waals surface area contributed by atoms with E-state index in [9.17, 15) is 14.4 Å². The van der Waals surface area contributed by atoms with Gasteiger partial charge in [0.1, 0.15) is 11.9 Å². The van der Waals surface area contributed by atoms with E-state index in [-0.39, 0.29) is 12.4 Å². The van der Waals surface area contributed by atoms with Crippen molar-refractivity contribution in [2.45, 2.75) is 52.2 Å². The quantitative estimate of drug-likeness (QED) is 0.588. The fourth-order valence-electron chi connectivity index (χ4n) is 1.51. The maximum atomic E-state index is 11.5. The average Bonchev–Trinajstić information content (AvgIpc) is 2.31. The first kappa shape index (κ1) is 17.4. The molecule has 0 aliphatic rings. The van der Waals surface area contributed by atoms with Gasteiger partial charge in [0.15, 0.2) is 0 Å². The summed E-state index contributed by atoms with van der Waals surface area (Å²) in [5, 5.41) is 2.43. The van der Waals surface area contributed by atoms with Crippen molar-refractivity contribution < 1.29 is 23.9 Å². The lowest BCUT2D eigenvalue weighted by Crippen LogP contribution is -2.41. The van der Waals surface area contributed by atoms with Crippen LogP contribution in [0.1, 0.15) is 40.5 Å². The van der Waals surface area contributed by atoms with E-state index < -0.39 is 23.7 Å². The SMILES string of the molecule is CC[C@@H](C[C@@H](C=O)NC(=O)OC(C)(C)C)C(=O)OC. The van der Waals surface area contributed by atoms with E-state index in [0.717, 1.165) is 0 Å². The topological polar surface area (TPSA) is 81.7 Å². The lowest BCUT2D eigenvalue weighted by atomic mass is 9.98. The summed E-state index contributed by atoms with van der Waals surface area (Å²) in [5.41, 5.74) is -0.635. The predicted molar refractivity (Wildman–Crippen MR) is 69.6 cm³/mol.